The van der Waals surface area contributed by atoms with Crippen molar-refractivity contribution in [2.45, 2.75) is 6.54 Å². The molecule has 0 amide bonds. The number of nitrogens with one attached hydrogen (secondary N) is 1. The molecule has 0 radical (unpaired) electrons. The van der Waals surface area contributed by atoms with Crippen LogP contribution in [0.15, 0.2) is 30.5 Å². The highest BCUT2D eigenvalue weighted by Gasteiger charge is 2.18. The SMILES string of the molecule is COc1ccc(CNc2nc(N3CCOCC3)ncc2C(=O)O)cc1. The highest BCUT2D eigenvalue weighted by atomic mass is 16.5. The van der Waals surface area contributed by atoms with Crippen molar-refractivity contribution in [1.82, 2.24) is 9.97 Å². The van der Waals surface area contributed by atoms with Gasteiger partial charge in [0.1, 0.15) is 17.1 Å². The van der Waals surface area contributed by atoms with Gasteiger partial charge in [-0.25, -0.2) is 9.78 Å². The second-order valence-corrected chi connectivity index (χ2v) is 5.54. The van der Waals surface area contributed by atoms with Crippen molar-refractivity contribution >= 4 is 17.7 Å². The third-order valence-electron chi connectivity index (χ3n) is 3.92. The Bertz CT molecular complexity index is 730. The fourth-order valence-corrected chi connectivity index (χ4v) is 2.51. The molecule has 2 aromatic rings. The van der Waals surface area contributed by atoms with E-state index in [0.717, 1.165) is 11.3 Å². The summed E-state index contributed by atoms with van der Waals surface area (Å²) in [5.74, 6) is 0.516. The summed E-state index contributed by atoms with van der Waals surface area (Å²) >= 11 is 0. The maximum absolute atomic E-state index is 11.4. The van der Waals surface area contributed by atoms with Crippen molar-refractivity contribution < 1.29 is 19.4 Å². The van der Waals surface area contributed by atoms with E-state index in [0.29, 0.717) is 44.6 Å². The molecule has 132 valence electrons. The lowest BCUT2D eigenvalue weighted by molar-refractivity contribution is 0.0697. The van der Waals surface area contributed by atoms with E-state index in [1.807, 2.05) is 29.2 Å². The fourth-order valence-electron chi connectivity index (χ4n) is 2.51. The number of carbonyl (C=O) groups is 1. The number of nitrogens with zero attached hydrogens (tertiary/aromatic N) is 3. The highest BCUT2D eigenvalue weighted by Crippen LogP contribution is 2.19. The number of anilines is 2. The number of hydrogen-bond acceptors (Lipinski definition) is 7. The van der Waals surface area contributed by atoms with E-state index in [-0.39, 0.29) is 5.56 Å². The van der Waals surface area contributed by atoms with Crippen LogP contribution in [0.3, 0.4) is 0 Å². The molecule has 2 heterocycles. The summed E-state index contributed by atoms with van der Waals surface area (Å²) in [6.45, 7) is 3.04. The van der Waals surface area contributed by atoms with E-state index < -0.39 is 5.97 Å². The highest BCUT2D eigenvalue weighted by molar-refractivity contribution is 5.92. The Kier molecular flexibility index (Phi) is 5.30. The van der Waals surface area contributed by atoms with E-state index in [9.17, 15) is 9.90 Å². The van der Waals surface area contributed by atoms with Crippen LogP contribution in [0.1, 0.15) is 15.9 Å². The van der Waals surface area contributed by atoms with Gasteiger partial charge in [-0.15, -0.1) is 0 Å². The summed E-state index contributed by atoms with van der Waals surface area (Å²) in [5.41, 5.74) is 1.04. The summed E-state index contributed by atoms with van der Waals surface area (Å²) in [7, 11) is 1.61. The van der Waals surface area contributed by atoms with Crippen molar-refractivity contribution in [3.8, 4) is 5.75 Å². The van der Waals surface area contributed by atoms with Gasteiger partial charge in [0, 0.05) is 25.8 Å². The lowest BCUT2D eigenvalue weighted by Gasteiger charge is -2.27. The molecule has 8 nitrogen and oxygen atoms in total. The Morgan fingerprint density at radius 3 is 2.68 bits per heavy atom. The third-order valence-corrected chi connectivity index (χ3v) is 3.92. The molecule has 3 rings (SSSR count). The van der Waals surface area contributed by atoms with E-state index in [4.69, 9.17) is 9.47 Å². The summed E-state index contributed by atoms with van der Waals surface area (Å²) in [4.78, 5) is 22.0. The predicted molar refractivity (Wildman–Crippen MR) is 92.3 cm³/mol. The van der Waals surface area contributed by atoms with Crippen molar-refractivity contribution in [2.75, 3.05) is 43.6 Å². The van der Waals surface area contributed by atoms with E-state index >= 15 is 0 Å². The smallest absolute Gasteiger partial charge is 0.341 e. The number of carboxylic acids is 1. The van der Waals surface area contributed by atoms with Gasteiger partial charge in [-0.3, -0.25) is 0 Å². The number of ether oxygens (including phenoxy) is 2. The zero-order valence-electron chi connectivity index (χ0n) is 13.9. The molecule has 0 spiro atoms. The van der Waals surface area contributed by atoms with Crippen LogP contribution in [-0.4, -0.2) is 54.5 Å². The average Bonchev–Trinajstić information content (AvgIpc) is 2.67. The number of hydrogen-bond donors (Lipinski definition) is 2. The minimum atomic E-state index is -1.06. The van der Waals surface area contributed by atoms with Crippen LogP contribution in [0.25, 0.3) is 0 Å². The molecule has 25 heavy (non-hydrogen) atoms. The van der Waals surface area contributed by atoms with Crippen LogP contribution in [-0.2, 0) is 11.3 Å². The number of carboxylic acid groups (broad SMARTS) is 1. The first-order valence-electron chi connectivity index (χ1n) is 7.97. The molecule has 1 saturated heterocycles. The van der Waals surface area contributed by atoms with Gasteiger partial charge in [0.15, 0.2) is 0 Å². The molecule has 0 saturated carbocycles. The maximum Gasteiger partial charge on any atom is 0.341 e. The van der Waals surface area contributed by atoms with Crippen LogP contribution in [0, 0.1) is 0 Å². The predicted octanol–water partition coefficient (Wildman–Crippen LogP) is 1.63. The van der Waals surface area contributed by atoms with Crippen LogP contribution in [0.2, 0.25) is 0 Å². The van der Waals surface area contributed by atoms with Gasteiger partial charge in [-0.1, -0.05) is 12.1 Å². The first-order valence-corrected chi connectivity index (χ1v) is 7.97. The standard InChI is InChI=1S/C17H20N4O4/c1-24-13-4-2-12(3-5-13)10-18-15-14(16(22)23)11-19-17(20-15)21-6-8-25-9-7-21/h2-5,11H,6-10H2,1H3,(H,22,23)(H,18,19,20). The van der Waals surface area contributed by atoms with Crippen molar-refractivity contribution in [2.24, 2.45) is 0 Å². The lowest BCUT2D eigenvalue weighted by Crippen LogP contribution is -2.37. The topological polar surface area (TPSA) is 96.8 Å². The molecule has 1 aliphatic heterocycles. The molecule has 1 aromatic heterocycles. The molecule has 0 atom stereocenters. The van der Waals surface area contributed by atoms with E-state index in [1.54, 1.807) is 7.11 Å². The second kappa shape index (κ2) is 7.80. The van der Waals surface area contributed by atoms with Gasteiger partial charge in [-0.2, -0.15) is 4.98 Å². The zero-order chi connectivity index (χ0) is 17.6. The van der Waals surface area contributed by atoms with Gasteiger partial charge in [0.2, 0.25) is 5.95 Å². The summed E-state index contributed by atoms with van der Waals surface area (Å²) in [6.07, 6.45) is 1.34. The Morgan fingerprint density at radius 1 is 1.32 bits per heavy atom. The molecule has 0 unspecified atom stereocenters. The van der Waals surface area contributed by atoms with Crippen LogP contribution < -0.4 is 15.0 Å². The fraction of sp³-hybridized carbons (Fsp3) is 0.353. The summed E-state index contributed by atoms with van der Waals surface area (Å²) < 4.78 is 10.5. The molecular weight excluding hydrogens is 324 g/mol. The number of aromatic nitrogens is 2. The Labute approximate surface area is 145 Å². The molecule has 2 N–H and O–H groups in total. The van der Waals surface area contributed by atoms with E-state index in [2.05, 4.69) is 15.3 Å². The average molecular weight is 344 g/mol. The van der Waals surface area contributed by atoms with Crippen LogP contribution in [0.4, 0.5) is 11.8 Å². The molecule has 0 bridgehead atoms. The molecule has 8 heteroatoms. The zero-order valence-corrected chi connectivity index (χ0v) is 13.9. The summed E-state index contributed by atoms with van der Waals surface area (Å²) in [5, 5.41) is 12.5. The number of aromatic carboxylic acids is 1. The number of morpholine rings is 1. The minimum Gasteiger partial charge on any atom is -0.497 e. The van der Waals surface area contributed by atoms with Crippen molar-refractivity contribution in [1.29, 1.82) is 0 Å². The molecule has 1 aliphatic rings. The lowest BCUT2D eigenvalue weighted by atomic mass is 10.2. The van der Waals surface area contributed by atoms with Crippen molar-refractivity contribution in [3.05, 3.63) is 41.6 Å². The van der Waals surface area contributed by atoms with Gasteiger partial charge in [0.25, 0.3) is 0 Å². The van der Waals surface area contributed by atoms with E-state index in [1.165, 1.54) is 6.20 Å². The largest absolute Gasteiger partial charge is 0.497 e. The maximum atomic E-state index is 11.4. The van der Waals surface area contributed by atoms with Gasteiger partial charge >= 0.3 is 5.97 Å². The Balaban J connectivity index is 1.77. The third kappa shape index (κ3) is 4.16. The Morgan fingerprint density at radius 2 is 2.04 bits per heavy atom. The first-order chi connectivity index (χ1) is 12.2. The van der Waals surface area contributed by atoms with Gasteiger partial charge < -0.3 is 24.8 Å². The normalized spacial score (nSPS) is 14.2. The molecule has 1 aromatic carbocycles. The molecular formula is C17H20N4O4. The number of methoxy groups -OCH3 is 1. The number of rotatable bonds is 6. The van der Waals surface area contributed by atoms with Crippen LogP contribution in [0.5, 0.6) is 5.75 Å². The monoisotopic (exact) mass is 344 g/mol. The first kappa shape index (κ1) is 17.0. The minimum absolute atomic E-state index is 0.0468. The van der Waals surface area contributed by atoms with Gasteiger partial charge in [-0.05, 0) is 17.7 Å². The number of benzene rings is 1. The Hall–Kier alpha value is -2.87. The molecule has 0 aliphatic carbocycles. The molecule has 1 fully saturated rings. The second-order valence-electron chi connectivity index (χ2n) is 5.54. The van der Waals surface area contributed by atoms with Crippen LogP contribution >= 0.6 is 0 Å². The summed E-state index contributed by atoms with van der Waals surface area (Å²) in [6, 6.07) is 7.54. The van der Waals surface area contributed by atoms with Gasteiger partial charge in [0.05, 0.1) is 20.3 Å². The van der Waals surface area contributed by atoms with Crippen molar-refractivity contribution in [3.63, 3.8) is 0 Å². The quantitative estimate of drug-likeness (QED) is 0.816.